The number of hydrogen-bond acceptors (Lipinski definition) is 5. The van der Waals surface area contributed by atoms with E-state index in [0.717, 1.165) is 23.3 Å². The summed E-state index contributed by atoms with van der Waals surface area (Å²) in [5, 5.41) is 9.68. The Balaban J connectivity index is 1.99. The third-order valence-electron chi connectivity index (χ3n) is 3.20. The van der Waals surface area contributed by atoms with Gasteiger partial charge < -0.3 is 10.3 Å². The minimum atomic E-state index is 0.508. The molecule has 1 aromatic heterocycles. The number of nitrogen functional groups attached to an aromatic ring is 1. The number of nitrogens with zero attached hydrogens (tertiary/aromatic N) is 3. The SMILES string of the molecule is N#Cc1cccc2c1nc(N)n2CC1CSCCS1. The van der Waals surface area contributed by atoms with Crippen LogP contribution in [0.5, 0.6) is 0 Å². The Morgan fingerprint density at radius 1 is 1.47 bits per heavy atom. The first-order valence-electron chi connectivity index (χ1n) is 6.14. The van der Waals surface area contributed by atoms with Crippen LogP contribution < -0.4 is 5.73 Å². The third kappa shape index (κ3) is 2.40. The Morgan fingerprint density at radius 3 is 3.11 bits per heavy atom. The van der Waals surface area contributed by atoms with Crippen LogP contribution in [0.2, 0.25) is 0 Å². The molecule has 0 radical (unpaired) electrons. The molecule has 1 aliphatic rings. The van der Waals surface area contributed by atoms with E-state index in [0.29, 0.717) is 16.8 Å². The molecule has 1 unspecified atom stereocenters. The van der Waals surface area contributed by atoms with Gasteiger partial charge in [0, 0.05) is 29.1 Å². The molecule has 0 saturated carbocycles. The number of imidazole rings is 1. The number of rotatable bonds is 2. The van der Waals surface area contributed by atoms with Crippen molar-refractivity contribution >= 4 is 40.5 Å². The number of hydrogen-bond donors (Lipinski definition) is 1. The quantitative estimate of drug-likeness (QED) is 0.919. The summed E-state index contributed by atoms with van der Waals surface area (Å²) in [6.07, 6.45) is 0. The van der Waals surface area contributed by atoms with E-state index < -0.39 is 0 Å². The number of para-hydroxylation sites is 1. The zero-order valence-electron chi connectivity index (χ0n) is 10.4. The highest BCUT2D eigenvalue weighted by atomic mass is 32.2. The second kappa shape index (κ2) is 5.35. The fourth-order valence-electron chi connectivity index (χ4n) is 2.29. The smallest absolute Gasteiger partial charge is 0.201 e. The van der Waals surface area contributed by atoms with Gasteiger partial charge in [0.1, 0.15) is 11.6 Å². The summed E-state index contributed by atoms with van der Waals surface area (Å²) in [4.78, 5) is 4.35. The van der Waals surface area contributed by atoms with Crippen LogP contribution in [0.25, 0.3) is 11.0 Å². The van der Waals surface area contributed by atoms with E-state index in [-0.39, 0.29) is 0 Å². The molecule has 2 N–H and O–H groups in total. The van der Waals surface area contributed by atoms with Crippen LogP contribution in [-0.2, 0) is 6.54 Å². The van der Waals surface area contributed by atoms with Gasteiger partial charge in [0.15, 0.2) is 0 Å². The molecule has 2 aromatic rings. The van der Waals surface area contributed by atoms with Crippen molar-refractivity contribution in [3.63, 3.8) is 0 Å². The lowest BCUT2D eigenvalue weighted by molar-refractivity contribution is 0.724. The third-order valence-corrected chi connectivity index (χ3v) is 6.03. The lowest BCUT2D eigenvalue weighted by Gasteiger charge is -2.22. The minimum Gasteiger partial charge on any atom is -0.369 e. The number of fused-ring (bicyclic) bond motifs is 1. The molecule has 4 nitrogen and oxygen atoms in total. The molecule has 3 rings (SSSR count). The Labute approximate surface area is 120 Å². The van der Waals surface area contributed by atoms with E-state index >= 15 is 0 Å². The minimum absolute atomic E-state index is 0.508. The molecule has 1 aromatic carbocycles. The van der Waals surface area contributed by atoms with Gasteiger partial charge in [0.05, 0.1) is 11.1 Å². The Kier molecular flexibility index (Phi) is 3.58. The zero-order chi connectivity index (χ0) is 13.2. The van der Waals surface area contributed by atoms with Crippen molar-refractivity contribution in [3.05, 3.63) is 23.8 Å². The molecular formula is C13H14N4S2. The van der Waals surface area contributed by atoms with Gasteiger partial charge in [-0.2, -0.15) is 28.8 Å². The van der Waals surface area contributed by atoms with Crippen molar-refractivity contribution in [1.82, 2.24) is 9.55 Å². The predicted octanol–water partition coefficient (Wildman–Crippen LogP) is 2.34. The summed E-state index contributed by atoms with van der Waals surface area (Å²) >= 11 is 3.99. The first-order chi connectivity index (χ1) is 9.29. The van der Waals surface area contributed by atoms with Gasteiger partial charge in [-0.15, -0.1) is 0 Å². The maximum Gasteiger partial charge on any atom is 0.201 e. The lowest BCUT2D eigenvalue weighted by atomic mass is 10.2. The molecular weight excluding hydrogens is 276 g/mol. The van der Waals surface area contributed by atoms with Gasteiger partial charge in [0.25, 0.3) is 0 Å². The molecule has 1 atom stereocenters. The van der Waals surface area contributed by atoms with Crippen molar-refractivity contribution in [2.24, 2.45) is 0 Å². The van der Waals surface area contributed by atoms with E-state index in [1.165, 1.54) is 11.5 Å². The largest absolute Gasteiger partial charge is 0.369 e. The van der Waals surface area contributed by atoms with Crippen molar-refractivity contribution in [2.75, 3.05) is 23.0 Å². The monoisotopic (exact) mass is 290 g/mol. The first kappa shape index (κ1) is 12.7. The number of anilines is 1. The summed E-state index contributed by atoms with van der Waals surface area (Å²) in [6, 6.07) is 7.83. The Bertz CT molecular complexity index is 638. The van der Waals surface area contributed by atoms with E-state index in [1.54, 1.807) is 6.07 Å². The van der Waals surface area contributed by atoms with Gasteiger partial charge in [-0.25, -0.2) is 4.98 Å². The molecule has 0 bridgehead atoms. The molecule has 1 aliphatic heterocycles. The predicted molar refractivity (Wildman–Crippen MR) is 82.4 cm³/mol. The second-order valence-electron chi connectivity index (χ2n) is 4.43. The molecule has 19 heavy (non-hydrogen) atoms. The summed E-state index contributed by atoms with van der Waals surface area (Å²) in [7, 11) is 0. The topological polar surface area (TPSA) is 67.6 Å². The highest BCUT2D eigenvalue weighted by Gasteiger charge is 2.18. The first-order valence-corrected chi connectivity index (χ1v) is 8.34. The molecule has 2 heterocycles. The highest BCUT2D eigenvalue weighted by molar-refractivity contribution is 8.06. The van der Waals surface area contributed by atoms with Crippen LogP contribution in [-0.4, -0.2) is 32.1 Å². The number of benzene rings is 1. The van der Waals surface area contributed by atoms with Gasteiger partial charge in [-0.1, -0.05) is 6.07 Å². The molecule has 98 valence electrons. The Morgan fingerprint density at radius 2 is 2.37 bits per heavy atom. The second-order valence-corrected chi connectivity index (χ2v) is 6.99. The maximum atomic E-state index is 9.11. The standard InChI is InChI=1S/C13H14N4S2/c14-6-9-2-1-3-11-12(9)16-13(15)17(11)7-10-8-18-4-5-19-10/h1-3,10H,4-5,7-8H2,(H2,15,16). The van der Waals surface area contributed by atoms with E-state index in [2.05, 4.69) is 11.1 Å². The summed E-state index contributed by atoms with van der Waals surface area (Å²) in [5.74, 6) is 4.10. The average Bonchev–Trinajstić information content (AvgIpc) is 2.76. The molecule has 0 amide bonds. The number of nitriles is 1. The van der Waals surface area contributed by atoms with Crippen LogP contribution in [0.3, 0.4) is 0 Å². The van der Waals surface area contributed by atoms with Gasteiger partial charge in [-0.05, 0) is 12.1 Å². The van der Waals surface area contributed by atoms with Crippen molar-refractivity contribution in [2.45, 2.75) is 11.8 Å². The van der Waals surface area contributed by atoms with E-state index in [4.69, 9.17) is 11.0 Å². The van der Waals surface area contributed by atoms with Crippen LogP contribution in [0.4, 0.5) is 5.95 Å². The average molecular weight is 290 g/mol. The molecule has 6 heteroatoms. The molecule has 0 spiro atoms. The van der Waals surface area contributed by atoms with Crippen molar-refractivity contribution < 1.29 is 0 Å². The lowest BCUT2D eigenvalue weighted by Crippen LogP contribution is -2.21. The van der Waals surface area contributed by atoms with Crippen LogP contribution in [0.1, 0.15) is 5.56 Å². The Hall–Kier alpha value is -1.32. The van der Waals surface area contributed by atoms with Gasteiger partial charge in [0.2, 0.25) is 5.95 Å². The fraction of sp³-hybridized carbons (Fsp3) is 0.385. The molecule has 1 saturated heterocycles. The fourth-order valence-corrected chi connectivity index (χ4v) is 4.95. The van der Waals surface area contributed by atoms with Crippen molar-refractivity contribution in [1.29, 1.82) is 5.26 Å². The van der Waals surface area contributed by atoms with Gasteiger partial charge >= 0.3 is 0 Å². The summed E-state index contributed by atoms with van der Waals surface area (Å²) in [6.45, 7) is 0.870. The van der Waals surface area contributed by atoms with E-state index in [9.17, 15) is 0 Å². The van der Waals surface area contributed by atoms with E-state index in [1.807, 2.05) is 40.2 Å². The maximum absolute atomic E-state index is 9.11. The molecule has 0 aliphatic carbocycles. The zero-order valence-corrected chi connectivity index (χ0v) is 12.0. The van der Waals surface area contributed by atoms with Crippen LogP contribution >= 0.6 is 23.5 Å². The van der Waals surface area contributed by atoms with Crippen LogP contribution in [0, 0.1) is 11.3 Å². The number of thioether (sulfide) groups is 2. The van der Waals surface area contributed by atoms with Crippen LogP contribution in [0.15, 0.2) is 18.2 Å². The normalized spacial score (nSPS) is 19.4. The number of nitrogens with two attached hydrogens (primary N) is 1. The molecule has 1 fully saturated rings. The summed E-state index contributed by atoms with van der Waals surface area (Å²) in [5.41, 5.74) is 8.30. The number of aromatic nitrogens is 2. The van der Waals surface area contributed by atoms with Gasteiger partial charge in [-0.3, -0.25) is 0 Å². The highest BCUT2D eigenvalue weighted by Crippen LogP contribution is 2.28. The summed E-state index contributed by atoms with van der Waals surface area (Å²) < 4.78 is 2.04. The van der Waals surface area contributed by atoms with Crippen molar-refractivity contribution in [3.8, 4) is 6.07 Å².